The third kappa shape index (κ3) is 7.63. The van der Waals surface area contributed by atoms with Gasteiger partial charge >= 0.3 is 6.09 Å². The number of carbonyl (C=O) groups excluding carboxylic acids is 2. The molecule has 3 atom stereocenters. The fourth-order valence-electron chi connectivity index (χ4n) is 5.83. The molecule has 10 nitrogen and oxygen atoms in total. The maximum Gasteiger partial charge on any atom is 0.409 e. The molecule has 1 fully saturated rings. The molecule has 0 unspecified atom stereocenters. The molecule has 1 aliphatic carbocycles. The monoisotopic (exact) mass is 630 g/mol. The Bertz CT molecular complexity index is 1480. The summed E-state index contributed by atoms with van der Waals surface area (Å²) in [6, 6.07) is 10.5. The molecule has 5 rings (SSSR count). The minimum Gasteiger partial charge on any atom is -0.487 e. The average Bonchev–Trinajstić information content (AvgIpc) is 2.97. The molecular formula is C31H39ClN4O6S. The van der Waals surface area contributed by atoms with Gasteiger partial charge in [-0.1, -0.05) is 23.7 Å². The van der Waals surface area contributed by atoms with E-state index in [0.29, 0.717) is 42.7 Å². The lowest BCUT2D eigenvalue weighted by Gasteiger charge is -2.43. The summed E-state index contributed by atoms with van der Waals surface area (Å²) in [6.07, 6.45) is 7.34. The highest BCUT2D eigenvalue weighted by Gasteiger charge is 2.39. The number of aryl methyl sites for hydroxylation is 1. The Morgan fingerprint density at radius 1 is 1.12 bits per heavy atom. The number of fused-ring (bicyclic) bond motifs is 3. The molecule has 2 bridgehead atoms. The van der Waals surface area contributed by atoms with Crippen LogP contribution in [-0.2, 0) is 32.6 Å². The quantitative estimate of drug-likeness (QED) is 0.452. The van der Waals surface area contributed by atoms with Gasteiger partial charge in [0, 0.05) is 44.7 Å². The number of nitrogens with one attached hydrogen (secondary N) is 2. The van der Waals surface area contributed by atoms with E-state index in [1.807, 2.05) is 30.4 Å². The van der Waals surface area contributed by atoms with Crippen molar-refractivity contribution in [3.63, 3.8) is 0 Å². The average molecular weight is 631 g/mol. The van der Waals surface area contributed by atoms with E-state index in [4.69, 9.17) is 21.1 Å². The Balaban J connectivity index is 1.52. The van der Waals surface area contributed by atoms with Crippen molar-refractivity contribution >= 4 is 39.3 Å². The standard InChI is InChI=1S/C31H39ClN4O6S/c1-35(2)31(38)42-28-7-5-14-33-18-30(37)34-43(39,40)25-11-13-29-27(17-25)36(19-22-9-12-26(22)28)15-4-3-6-21-16-24(32)10-8-23(21)20-41-29/h5,7-8,10-11,13,16-17,22,26,28,33H,3-4,6,9,12,14-15,18-20H2,1-2H3,(H,34,37)/b7-5+/t22-,26+,28-/m0/s1. The van der Waals surface area contributed by atoms with Gasteiger partial charge in [0.25, 0.3) is 10.0 Å². The second-order valence-corrected chi connectivity index (χ2v) is 13.7. The molecule has 43 heavy (non-hydrogen) atoms. The zero-order valence-electron chi connectivity index (χ0n) is 24.6. The normalized spacial score (nSPS) is 24.9. The molecular weight excluding hydrogens is 592 g/mol. The molecule has 0 spiro atoms. The van der Waals surface area contributed by atoms with Gasteiger partial charge in [0.05, 0.1) is 17.1 Å². The fourth-order valence-corrected chi connectivity index (χ4v) is 7.03. The van der Waals surface area contributed by atoms with E-state index < -0.39 is 28.1 Å². The number of amides is 2. The van der Waals surface area contributed by atoms with Crippen LogP contribution in [0.4, 0.5) is 10.5 Å². The largest absolute Gasteiger partial charge is 0.487 e. The van der Waals surface area contributed by atoms with Crippen LogP contribution in [0.5, 0.6) is 5.75 Å². The second-order valence-electron chi connectivity index (χ2n) is 11.6. The van der Waals surface area contributed by atoms with Crippen molar-refractivity contribution in [2.75, 3.05) is 45.2 Å². The predicted molar refractivity (Wildman–Crippen MR) is 165 cm³/mol. The summed E-state index contributed by atoms with van der Waals surface area (Å²) < 4.78 is 40.9. The number of hydrogen-bond acceptors (Lipinski definition) is 8. The first-order chi connectivity index (χ1) is 20.6. The first kappa shape index (κ1) is 31.2. The van der Waals surface area contributed by atoms with Gasteiger partial charge < -0.3 is 24.6 Å². The molecule has 2 aromatic carbocycles. The van der Waals surface area contributed by atoms with Crippen LogP contribution in [-0.4, -0.2) is 71.7 Å². The van der Waals surface area contributed by atoms with Gasteiger partial charge in [-0.05, 0) is 85.6 Å². The van der Waals surface area contributed by atoms with Gasteiger partial charge in [-0.2, -0.15) is 0 Å². The Morgan fingerprint density at radius 3 is 2.72 bits per heavy atom. The highest BCUT2D eigenvalue weighted by molar-refractivity contribution is 7.90. The zero-order valence-corrected chi connectivity index (χ0v) is 26.1. The number of ether oxygens (including phenoxy) is 2. The minimum atomic E-state index is -4.12. The summed E-state index contributed by atoms with van der Waals surface area (Å²) in [5.41, 5.74) is 2.83. The predicted octanol–water partition coefficient (Wildman–Crippen LogP) is 4.12. The van der Waals surface area contributed by atoms with E-state index in [-0.39, 0.29) is 23.3 Å². The molecule has 12 heteroatoms. The van der Waals surface area contributed by atoms with Gasteiger partial charge in [0.1, 0.15) is 18.5 Å². The Kier molecular flexibility index (Phi) is 9.83. The van der Waals surface area contributed by atoms with Crippen LogP contribution < -0.4 is 19.7 Å². The van der Waals surface area contributed by atoms with Crippen LogP contribution >= 0.6 is 11.6 Å². The van der Waals surface area contributed by atoms with Gasteiger partial charge in [0.2, 0.25) is 5.91 Å². The number of rotatable bonds is 1. The van der Waals surface area contributed by atoms with E-state index in [9.17, 15) is 18.0 Å². The van der Waals surface area contributed by atoms with Crippen LogP contribution in [0.2, 0.25) is 5.02 Å². The van der Waals surface area contributed by atoms with Crippen molar-refractivity contribution in [2.45, 2.75) is 49.7 Å². The highest BCUT2D eigenvalue weighted by Crippen LogP contribution is 2.42. The molecule has 2 aliphatic heterocycles. The summed E-state index contributed by atoms with van der Waals surface area (Å²) in [4.78, 5) is 28.7. The topological polar surface area (TPSA) is 117 Å². The number of hydrogen-bond donors (Lipinski definition) is 2. The minimum absolute atomic E-state index is 0.00908. The molecule has 0 saturated heterocycles. The van der Waals surface area contributed by atoms with Crippen LogP contribution in [0.3, 0.4) is 0 Å². The summed E-state index contributed by atoms with van der Waals surface area (Å²) >= 11 is 6.30. The van der Waals surface area contributed by atoms with Gasteiger partial charge in [0.15, 0.2) is 0 Å². The lowest BCUT2D eigenvalue weighted by atomic mass is 9.70. The SMILES string of the molecule is CN(C)C(=O)O[C@H]1/C=C/CNCC(=O)NS(=O)(=O)c2ccc3c(c2)N(CCCCc2cc(Cl)ccc2CO3)C[C@@H]2CC[C@H]21. The number of nitrogens with zero attached hydrogens (tertiary/aromatic N) is 2. The van der Waals surface area contributed by atoms with Crippen molar-refractivity contribution in [2.24, 2.45) is 11.8 Å². The van der Waals surface area contributed by atoms with Crippen molar-refractivity contribution < 1.29 is 27.5 Å². The molecule has 0 aromatic heterocycles. The number of benzene rings is 2. The van der Waals surface area contributed by atoms with E-state index in [1.54, 1.807) is 26.2 Å². The third-order valence-corrected chi connectivity index (χ3v) is 9.94. The van der Waals surface area contributed by atoms with Crippen molar-refractivity contribution in [1.82, 2.24) is 14.9 Å². The summed E-state index contributed by atoms with van der Waals surface area (Å²) in [5.74, 6) is 0.189. The molecule has 2 aromatic rings. The van der Waals surface area contributed by atoms with E-state index in [0.717, 1.165) is 43.2 Å². The molecule has 1 saturated carbocycles. The zero-order chi connectivity index (χ0) is 30.6. The molecule has 0 radical (unpaired) electrons. The molecule has 2 heterocycles. The van der Waals surface area contributed by atoms with Crippen molar-refractivity contribution in [3.05, 3.63) is 64.7 Å². The number of halogens is 1. The smallest absolute Gasteiger partial charge is 0.409 e. The number of sulfonamides is 1. The van der Waals surface area contributed by atoms with Gasteiger partial charge in [-0.15, -0.1) is 0 Å². The molecule has 232 valence electrons. The van der Waals surface area contributed by atoms with E-state index in [1.165, 1.54) is 11.0 Å². The molecule has 2 N–H and O–H groups in total. The Morgan fingerprint density at radius 2 is 1.95 bits per heavy atom. The summed E-state index contributed by atoms with van der Waals surface area (Å²) in [5, 5.41) is 3.61. The van der Waals surface area contributed by atoms with E-state index in [2.05, 4.69) is 14.9 Å². The third-order valence-electron chi connectivity index (χ3n) is 8.33. The van der Waals surface area contributed by atoms with E-state index >= 15 is 0 Å². The van der Waals surface area contributed by atoms with Crippen LogP contribution in [0.25, 0.3) is 0 Å². The van der Waals surface area contributed by atoms with Crippen molar-refractivity contribution in [3.8, 4) is 5.75 Å². The maximum atomic E-state index is 13.3. The number of anilines is 1. The van der Waals surface area contributed by atoms with Crippen LogP contribution in [0, 0.1) is 11.8 Å². The van der Waals surface area contributed by atoms with Crippen LogP contribution in [0.15, 0.2) is 53.4 Å². The Labute approximate surface area is 258 Å². The maximum absolute atomic E-state index is 13.3. The van der Waals surface area contributed by atoms with Crippen molar-refractivity contribution in [1.29, 1.82) is 0 Å². The molecule has 2 amide bonds. The lowest BCUT2D eigenvalue weighted by Crippen LogP contribution is -2.45. The Hall–Kier alpha value is -3.28. The molecule has 3 aliphatic rings. The fraction of sp³-hybridized carbons (Fsp3) is 0.484. The van der Waals surface area contributed by atoms with Gasteiger partial charge in [-0.3, -0.25) is 4.79 Å². The lowest BCUT2D eigenvalue weighted by molar-refractivity contribution is -0.118. The summed E-state index contributed by atoms with van der Waals surface area (Å²) in [7, 11) is -0.804. The second kappa shape index (κ2) is 13.6. The van der Waals surface area contributed by atoms with Gasteiger partial charge in [-0.25, -0.2) is 17.9 Å². The number of carbonyl (C=O) groups is 2. The first-order valence-corrected chi connectivity index (χ1v) is 16.6. The first-order valence-electron chi connectivity index (χ1n) is 14.7. The highest BCUT2D eigenvalue weighted by atomic mass is 35.5. The summed E-state index contributed by atoms with van der Waals surface area (Å²) in [6.45, 7) is 1.74. The van der Waals surface area contributed by atoms with Crippen LogP contribution in [0.1, 0.15) is 36.8 Å².